The zero-order valence-electron chi connectivity index (χ0n) is 11.8. The molecule has 18 heavy (non-hydrogen) atoms. The topological polar surface area (TPSA) is 21.3 Å². The molecule has 0 spiro atoms. The average Bonchev–Trinajstić information content (AvgIpc) is 2.40. The summed E-state index contributed by atoms with van der Waals surface area (Å²) in [7, 11) is 0. The van der Waals surface area contributed by atoms with Crippen molar-refractivity contribution in [3.8, 4) is 0 Å². The highest BCUT2D eigenvalue weighted by Gasteiger charge is 2.16. The monoisotopic (exact) mass is 247 g/mol. The smallest absolute Gasteiger partial charge is 0.0619 e. The first-order valence-corrected chi connectivity index (χ1v) is 7.10. The minimum absolute atomic E-state index is 0.401. The molecule has 0 bridgehead atoms. The van der Waals surface area contributed by atoms with Gasteiger partial charge in [-0.05, 0) is 36.8 Å². The summed E-state index contributed by atoms with van der Waals surface area (Å²) in [6.45, 7) is 8.48. The van der Waals surface area contributed by atoms with Gasteiger partial charge in [0.2, 0.25) is 0 Å². The zero-order valence-corrected chi connectivity index (χ0v) is 11.8. The van der Waals surface area contributed by atoms with Crippen molar-refractivity contribution in [2.24, 2.45) is 0 Å². The lowest BCUT2D eigenvalue weighted by molar-refractivity contribution is 0.0671. The van der Waals surface area contributed by atoms with Gasteiger partial charge in [0.05, 0.1) is 6.61 Å². The summed E-state index contributed by atoms with van der Waals surface area (Å²) in [5.41, 5.74) is 2.77. The third-order valence-corrected chi connectivity index (χ3v) is 3.75. The van der Waals surface area contributed by atoms with Crippen LogP contribution in [0.3, 0.4) is 0 Å². The summed E-state index contributed by atoms with van der Waals surface area (Å²) in [6, 6.07) is 9.90. The van der Waals surface area contributed by atoms with Crippen LogP contribution in [-0.4, -0.2) is 19.3 Å². The van der Waals surface area contributed by atoms with E-state index in [2.05, 4.69) is 50.4 Å². The van der Waals surface area contributed by atoms with Crippen LogP contribution >= 0.6 is 0 Å². The Morgan fingerprint density at radius 3 is 2.33 bits per heavy atom. The van der Waals surface area contributed by atoms with Crippen molar-refractivity contribution in [2.45, 2.75) is 51.6 Å². The molecule has 1 aromatic carbocycles. The number of hydrogen-bond donors (Lipinski definition) is 1. The molecule has 0 aromatic heterocycles. The normalized spacial score (nSPS) is 22.1. The third-order valence-electron chi connectivity index (χ3n) is 3.75. The van der Waals surface area contributed by atoms with Gasteiger partial charge in [0.25, 0.3) is 0 Å². The van der Waals surface area contributed by atoms with Gasteiger partial charge >= 0.3 is 0 Å². The highest BCUT2D eigenvalue weighted by atomic mass is 16.5. The van der Waals surface area contributed by atoms with E-state index in [1.165, 1.54) is 24.0 Å². The number of nitrogens with one attached hydrogen (secondary N) is 1. The van der Waals surface area contributed by atoms with E-state index >= 15 is 0 Å². The van der Waals surface area contributed by atoms with Crippen molar-refractivity contribution >= 4 is 0 Å². The molecule has 1 heterocycles. The summed E-state index contributed by atoms with van der Waals surface area (Å²) in [4.78, 5) is 0. The van der Waals surface area contributed by atoms with E-state index in [0.29, 0.717) is 18.0 Å². The Morgan fingerprint density at radius 1 is 1.11 bits per heavy atom. The first-order chi connectivity index (χ1) is 8.66. The summed E-state index contributed by atoms with van der Waals surface area (Å²) >= 11 is 0. The Hall–Kier alpha value is -0.860. The van der Waals surface area contributed by atoms with Crippen molar-refractivity contribution in [3.05, 3.63) is 35.4 Å². The first kappa shape index (κ1) is 13.6. The van der Waals surface area contributed by atoms with Gasteiger partial charge in [-0.3, -0.25) is 0 Å². The molecule has 2 nitrogen and oxygen atoms in total. The molecule has 2 heteroatoms. The second-order valence-corrected chi connectivity index (χ2v) is 5.62. The van der Waals surface area contributed by atoms with E-state index in [1.807, 2.05) is 0 Å². The molecule has 1 N–H and O–H groups in total. The lowest BCUT2D eigenvalue weighted by atomic mass is 9.99. The van der Waals surface area contributed by atoms with Crippen molar-refractivity contribution in [2.75, 3.05) is 13.2 Å². The largest absolute Gasteiger partial charge is 0.380 e. The van der Waals surface area contributed by atoms with Crippen LogP contribution in [0, 0.1) is 0 Å². The Balaban J connectivity index is 1.93. The maximum Gasteiger partial charge on any atom is 0.0619 e. The van der Waals surface area contributed by atoms with Gasteiger partial charge in [-0.1, -0.05) is 38.1 Å². The van der Waals surface area contributed by atoms with Crippen LogP contribution in [0.2, 0.25) is 0 Å². The highest BCUT2D eigenvalue weighted by molar-refractivity contribution is 5.26. The molecule has 1 aromatic rings. The van der Waals surface area contributed by atoms with Crippen molar-refractivity contribution < 1.29 is 4.74 Å². The van der Waals surface area contributed by atoms with Crippen LogP contribution in [-0.2, 0) is 4.74 Å². The van der Waals surface area contributed by atoms with Crippen LogP contribution in [0.4, 0.5) is 0 Å². The van der Waals surface area contributed by atoms with Crippen LogP contribution in [0.5, 0.6) is 0 Å². The Labute approximate surface area is 111 Å². The molecule has 2 rings (SSSR count). The van der Waals surface area contributed by atoms with Gasteiger partial charge in [0, 0.05) is 18.7 Å². The summed E-state index contributed by atoms with van der Waals surface area (Å²) < 4.78 is 5.51. The van der Waals surface area contributed by atoms with Crippen LogP contribution in [0.15, 0.2) is 24.3 Å². The molecule has 0 aliphatic carbocycles. The minimum Gasteiger partial charge on any atom is -0.380 e. The molecular weight excluding hydrogens is 222 g/mol. The van der Waals surface area contributed by atoms with Gasteiger partial charge in [-0.25, -0.2) is 0 Å². The average molecular weight is 247 g/mol. The van der Waals surface area contributed by atoms with Crippen LogP contribution in [0.1, 0.15) is 56.7 Å². The summed E-state index contributed by atoms with van der Waals surface area (Å²) in [5.74, 6) is 0.606. The van der Waals surface area contributed by atoms with Crippen LogP contribution < -0.4 is 5.32 Å². The Kier molecular flexibility index (Phi) is 4.79. The molecule has 0 saturated carbocycles. The lowest BCUT2D eigenvalue weighted by Gasteiger charge is -2.27. The SMILES string of the molecule is CC(C)c1ccc(C(C)NC2CCCOC2)cc1. The van der Waals surface area contributed by atoms with E-state index in [-0.39, 0.29) is 0 Å². The molecule has 2 unspecified atom stereocenters. The van der Waals surface area contributed by atoms with E-state index in [0.717, 1.165) is 13.2 Å². The second-order valence-electron chi connectivity index (χ2n) is 5.62. The molecule has 0 amide bonds. The summed E-state index contributed by atoms with van der Waals surface area (Å²) in [6.07, 6.45) is 2.41. The minimum atomic E-state index is 0.401. The predicted octanol–water partition coefficient (Wildman–Crippen LogP) is 3.64. The molecule has 2 atom stereocenters. The molecule has 1 aliphatic heterocycles. The van der Waals surface area contributed by atoms with E-state index in [4.69, 9.17) is 4.74 Å². The van der Waals surface area contributed by atoms with E-state index in [9.17, 15) is 0 Å². The quantitative estimate of drug-likeness (QED) is 0.877. The third kappa shape index (κ3) is 3.56. The zero-order chi connectivity index (χ0) is 13.0. The number of rotatable bonds is 4. The fourth-order valence-electron chi connectivity index (χ4n) is 2.49. The van der Waals surface area contributed by atoms with Crippen molar-refractivity contribution in [1.29, 1.82) is 0 Å². The molecule has 1 saturated heterocycles. The van der Waals surface area contributed by atoms with Gasteiger partial charge in [0.15, 0.2) is 0 Å². The van der Waals surface area contributed by atoms with Crippen molar-refractivity contribution in [3.63, 3.8) is 0 Å². The van der Waals surface area contributed by atoms with Crippen molar-refractivity contribution in [1.82, 2.24) is 5.32 Å². The van der Waals surface area contributed by atoms with Crippen LogP contribution in [0.25, 0.3) is 0 Å². The first-order valence-electron chi connectivity index (χ1n) is 7.10. The molecule has 100 valence electrons. The van der Waals surface area contributed by atoms with Gasteiger partial charge in [-0.2, -0.15) is 0 Å². The fraction of sp³-hybridized carbons (Fsp3) is 0.625. The molecule has 0 radical (unpaired) electrons. The van der Waals surface area contributed by atoms with E-state index < -0.39 is 0 Å². The molecule has 1 fully saturated rings. The highest BCUT2D eigenvalue weighted by Crippen LogP contribution is 2.20. The molecule has 1 aliphatic rings. The summed E-state index contributed by atoms with van der Waals surface area (Å²) in [5, 5.41) is 3.66. The predicted molar refractivity (Wildman–Crippen MR) is 75.9 cm³/mol. The van der Waals surface area contributed by atoms with Gasteiger partial charge < -0.3 is 10.1 Å². The van der Waals surface area contributed by atoms with Gasteiger partial charge in [-0.15, -0.1) is 0 Å². The standard InChI is InChI=1S/C16H25NO/c1-12(2)14-6-8-15(9-7-14)13(3)17-16-5-4-10-18-11-16/h6-9,12-13,16-17H,4-5,10-11H2,1-3H3. The lowest BCUT2D eigenvalue weighted by Crippen LogP contribution is -2.38. The number of hydrogen-bond acceptors (Lipinski definition) is 2. The van der Waals surface area contributed by atoms with E-state index in [1.54, 1.807) is 0 Å². The second kappa shape index (κ2) is 6.35. The Morgan fingerprint density at radius 2 is 1.78 bits per heavy atom. The Bertz CT molecular complexity index is 352. The molecular formula is C16H25NO. The number of benzene rings is 1. The number of ether oxygens (including phenoxy) is 1. The fourth-order valence-corrected chi connectivity index (χ4v) is 2.49. The van der Waals surface area contributed by atoms with Gasteiger partial charge in [0.1, 0.15) is 0 Å². The maximum absolute atomic E-state index is 5.51. The maximum atomic E-state index is 5.51.